The van der Waals surface area contributed by atoms with Crippen LogP contribution in [0.1, 0.15) is 5.56 Å². The number of amides is 1. The fourth-order valence-electron chi connectivity index (χ4n) is 3.18. The maximum Gasteiger partial charge on any atom is 0.420 e. The van der Waals surface area contributed by atoms with Gasteiger partial charge in [0, 0.05) is 18.7 Å². The highest BCUT2D eigenvalue weighted by Crippen LogP contribution is 2.24. The lowest BCUT2D eigenvalue weighted by molar-refractivity contribution is -0.384. The summed E-state index contributed by atoms with van der Waals surface area (Å²) in [5, 5.41) is 11.0. The minimum atomic E-state index is -0.861. The van der Waals surface area contributed by atoms with E-state index in [-0.39, 0.29) is 29.9 Å². The maximum absolute atomic E-state index is 13.1. The van der Waals surface area contributed by atoms with Gasteiger partial charge in [-0.1, -0.05) is 0 Å². The molecule has 1 aromatic heterocycles. The van der Waals surface area contributed by atoms with Gasteiger partial charge in [-0.15, -0.1) is 0 Å². The van der Waals surface area contributed by atoms with E-state index in [0.29, 0.717) is 17.1 Å². The van der Waals surface area contributed by atoms with E-state index in [4.69, 9.17) is 18.6 Å². The molecule has 12 heteroatoms. The summed E-state index contributed by atoms with van der Waals surface area (Å²) in [4.78, 5) is 48.9. The van der Waals surface area contributed by atoms with Crippen molar-refractivity contribution in [2.45, 2.75) is 13.1 Å². The molecule has 0 spiro atoms. The first-order valence-corrected chi connectivity index (χ1v) is 9.60. The minimum absolute atomic E-state index is 0.00248. The smallest absolute Gasteiger partial charge is 0.420 e. The third kappa shape index (κ3) is 5.29. The minimum Gasteiger partial charge on any atom is -0.497 e. The molecule has 2 aromatic carbocycles. The van der Waals surface area contributed by atoms with Gasteiger partial charge in [0.2, 0.25) is 5.91 Å². The summed E-state index contributed by atoms with van der Waals surface area (Å²) in [6, 6.07) is 8.65. The number of benzene rings is 2. The molecule has 0 aliphatic heterocycles. The van der Waals surface area contributed by atoms with Gasteiger partial charge in [-0.25, -0.2) is 4.79 Å². The van der Waals surface area contributed by atoms with Crippen molar-refractivity contribution in [3.8, 4) is 11.5 Å². The van der Waals surface area contributed by atoms with E-state index in [9.17, 15) is 24.5 Å². The number of nitro groups is 1. The van der Waals surface area contributed by atoms with Crippen molar-refractivity contribution in [2.24, 2.45) is 0 Å². The molecule has 0 aliphatic rings. The Balaban J connectivity index is 1.92. The van der Waals surface area contributed by atoms with Crippen molar-refractivity contribution in [1.82, 2.24) is 9.47 Å². The number of carbonyl (C=O) groups is 2. The molecule has 0 bridgehead atoms. The molecule has 0 N–H and O–H groups in total. The number of nitro benzene ring substituents is 1. The number of fused-ring (bicyclic) bond motifs is 1. The van der Waals surface area contributed by atoms with Crippen LogP contribution in [0.15, 0.2) is 45.6 Å². The van der Waals surface area contributed by atoms with Crippen LogP contribution in [0.4, 0.5) is 5.69 Å². The van der Waals surface area contributed by atoms with Crippen molar-refractivity contribution in [2.75, 3.05) is 27.9 Å². The van der Waals surface area contributed by atoms with E-state index in [2.05, 4.69) is 0 Å². The van der Waals surface area contributed by atoms with Gasteiger partial charge in [-0.2, -0.15) is 0 Å². The predicted octanol–water partition coefficient (Wildman–Crippen LogP) is 1.72. The Bertz CT molecular complexity index is 1240. The van der Waals surface area contributed by atoms with E-state index in [1.165, 1.54) is 38.4 Å². The number of aromatic nitrogens is 1. The molecule has 12 nitrogen and oxygen atoms in total. The summed E-state index contributed by atoms with van der Waals surface area (Å²) < 4.78 is 21.3. The van der Waals surface area contributed by atoms with Gasteiger partial charge < -0.3 is 23.5 Å². The van der Waals surface area contributed by atoms with Crippen molar-refractivity contribution < 1.29 is 33.1 Å². The fraction of sp³-hybridized carbons (Fsp3) is 0.286. The highest BCUT2D eigenvalue weighted by molar-refractivity contribution is 5.84. The van der Waals surface area contributed by atoms with Crippen LogP contribution in [0.2, 0.25) is 0 Å². The van der Waals surface area contributed by atoms with Crippen LogP contribution in [0.3, 0.4) is 0 Å². The second kappa shape index (κ2) is 9.85. The molecule has 174 valence electrons. The van der Waals surface area contributed by atoms with Gasteiger partial charge >= 0.3 is 11.7 Å². The van der Waals surface area contributed by atoms with E-state index >= 15 is 0 Å². The summed E-state index contributed by atoms with van der Waals surface area (Å²) >= 11 is 0. The number of methoxy groups -OCH3 is 3. The molecule has 1 heterocycles. The highest BCUT2D eigenvalue weighted by Gasteiger charge is 2.22. The van der Waals surface area contributed by atoms with Crippen LogP contribution in [-0.2, 0) is 27.4 Å². The van der Waals surface area contributed by atoms with E-state index in [0.717, 1.165) is 10.6 Å². The standard InChI is InChI=1S/C21H21N3O9/c1-30-15-6-13(7-16(9-15)31-2)10-22(12-20(26)32-3)19(25)11-23-17-5-4-14(24(28)29)8-18(17)33-21(23)27/h4-9H,10-12H2,1-3H3. The van der Waals surface area contributed by atoms with Crippen LogP contribution in [0, 0.1) is 10.1 Å². The summed E-state index contributed by atoms with van der Waals surface area (Å²) in [5.74, 6) is -1.11. The van der Waals surface area contributed by atoms with Crippen LogP contribution >= 0.6 is 0 Å². The second-order valence-electron chi connectivity index (χ2n) is 6.91. The molecular weight excluding hydrogens is 438 g/mol. The summed E-state index contributed by atoms with van der Waals surface area (Å²) in [6.45, 7) is -0.829. The predicted molar refractivity (Wildman–Crippen MR) is 114 cm³/mol. The van der Waals surface area contributed by atoms with E-state index in [1.54, 1.807) is 18.2 Å². The third-order valence-corrected chi connectivity index (χ3v) is 4.84. The van der Waals surface area contributed by atoms with Crippen LogP contribution in [0.25, 0.3) is 11.1 Å². The summed E-state index contributed by atoms with van der Waals surface area (Å²) in [5.41, 5.74) is 0.538. The lowest BCUT2D eigenvalue weighted by atomic mass is 10.2. The van der Waals surface area contributed by atoms with Gasteiger partial charge in [0.15, 0.2) is 5.58 Å². The molecule has 3 aromatic rings. The molecular formula is C21H21N3O9. The highest BCUT2D eigenvalue weighted by atomic mass is 16.6. The number of carbonyl (C=O) groups excluding carboxylic acids is 2. The molecule has 0 saturated carbocycles. The number of non-ortho nitro benzene ring substituents is 1. The van der Waals surface area contributed by atoms with Gasteiger partial charge in [0.05, 0.1) is 37.8 Å². The average Bonchev–Trinajstić information content (AvgIpc) is 3.12. The number of hydrogen-bond acceptors (Lipinski definition) is 9. The number of nitrogens with zero attached hydrogens (tertiary/aromatic N) is 3. The Morgan fingerprint density at radius 1 is 1.09 bits per heavy atom. The maximum atomic E-state index is 13.1. The Labute approximate surface area is 187 Å². The summed E-state index contributed by atoms with van der Waals surface area (Å²) in [6.07, 6.45) is 0. The quantitative estimate of drug-likeness (QED) is 0.265. The third-order valence-electron chi connectivity index (χ3n) is 4.84. The first-order valence-electron chi connectivity index (χ1n) is 9.60. The van der Waals surface area contributed by atoms with Gasteiger partial charge in [0.1, 0.15) is 24.6 Å². The molecule has 1 amide bonds. The number of esters is 1. The SMILES string of the molecule is COC(=O)CN(Cc1cc(OC)cc(OC)c1)C(=O)Cn1c(=O)oc2cc([N+](=O)[O-])ccc21. The molecule has 0 atom stereocenters. The number of rotatable bonds is 9. The van der Waals surface area contributed by atoms with Crippen LogP contribution in [0.5, 0.6) is 11.5 Å². The molecule has 0 saturated heterocycles. The first-order chi connectivity index (χ1) is 15.7. The average molecular weight is 459 g/mol. The number of ether oxygens (including phenoxy) is 3. The molecule has 0 fully saturated rings. The fourth-order valence-corrected chi connectivity index (χ4v) is 3.18. The zero-order chi connectivity index (χ0) is 24.1. The normalized spacial score (nSPS) is 10.6. The number of oxazole rings is 1. The lowest BCUT2D eigenvalue weighted by Gasteiger charge is -2.22. The number of hydrogen-bond donors (Lipinski definition) is 0. The van der Waals surface area contributed by atoms with Gasteiger partial charge in [-0.05, 0) is 23.8 Å². The Hall–Kier alpha value is -4.35. The van der Waals surface area contributed by atoms with Crippen molar-refractivity contribution in [1.29, 1.82) is 0 Å². The van der Waals surface area contributed by atoms with Crippen LogP contribution < -0.4 is 15.2 Å². The van der Waals surface area contributed by atoms with E-state index in [1.807, 2.05) is 0 Å². The molecule has 3 rings (SSSR count). The summed E-state index contributed by atoms with van der Waals surface area (Å²) in [7, 11) is 4.16. The largest absolute Gasteiger partial charge is 0.497 e. The molecule has 0 aliphatic carbocycles. The van der Waals surface area contributed by atoms with Crippen molar-refractivity contribution >= 4 is 28.7 Å². The topological polar surface area (TPSA) is 143 Å². The van der Waals surface area contributed by atoms with Crippen LogP contribution in [-0.4, -0.2) is 54.1 Å². The van der Waals surface area contributed by atoms with E-state index < -0.39 is 29.1 Å². The monoisotopic (exact) mass is 459 g/mol. The Morgan fingerprint density at radius 2 is 1.76 bits per heavy atom. The zero-order valence-electron chi connectivity index (χ0n) is 18.1. The Morgan fingerprint density at radius 3 is 2.33 bits per heavy atom. The second-order valence-corrected chi connectivity index (χ2v) is 6.91. The Kier molecular flexibility index (Phi) is 6.96. The van der Waals surface area contributed by atoms with Crippen molar-refractivity contribution in [3.05, 3.63) is 62.6 Å². The van der Waals surface area contributed by atoms with Gasteiger partial charge in [0.25, 0.3) is 5.69 Å². The first kappa shape index (κ1) is 23.3. The van der Waals surface area contributed by atoms with Crippen molar-refractivity contribution in [3.63, 3.8) is 0 Å². The van der Waals surface area contributed by atoms with Gasteiger partial charge in [-0.3, -0.25) is 24.3 Å². The molecule has 0 unspecified atom stereocenters. The molecule has 33 heavy (non-hydrogen) atoms. The zero-order valence-corrected chi connectivity index (χ0v) is 18.1. The lowest BCUT2D eigenvalue weighted by Crippen LogP contribution is -2.39. The molecule has 0 radical (unpaired) electrons.